The highest BCUT2D eigenvalue weighted by Gasteiger charge is 1.85. The van der Waals surface area contributed by atoms with Crippen molar-refractivity contribution in [3.63, 3.8) is 0 Å². The van der Waals surface area contributed by atoms with E-state index in [1.807, 2.05) is 31.2 Å². The topological polar surface area (TPSA) is 9.23 Å². The van der Waals surface area contributed by atoms with E-state index in [9.17, 15) is 0 Å². The van der Waals surface area contributed by atoms with Gasteiger partial charge in [-0.1, -0.05) is 12.1 Å². The minimum atomic E-state index is 0.889. The molecule has 0 fully saturated rings. The molecule has 0 heterocycles. The van der Waals surface area contributed by atoms with E-state index in [1.165, 1.54) is 5.56 Å². The molecule has 2 radical (unpaired) electrons. The van der Waals surface area contributed by atoms with Crippen molar-refractivity contribution in [2.75, 3.05) is 0 Å². The van der Waals surface area contributed by atoms with Crippen LogP contribution in [0.15, 0.2) is 24.3 Å². The molecular formula is C7H7AlO. The van der Waals surface area contributed by atoms with Crippen LogP contribution < -0.4 is 3.79 Å². The average Bonchev–Trinajstić information content (AvgIpc) is 1.88. The smallest absolute Gasteiger partial charge is 0.482 e. The highest BCUT2D eigenvalue weighted by Crippen LogP contribution is 2.10. The Labute approximate surface area is 63.4 Å². The molecule has 2 heteroatoms. The van der Waals surface area contributed by atoms with Crippen molar-refractivity contribution in [2.45, 2.75) is 6.92 Å². The highest BCUT2D eigenvalue weighted by molar-refractivity contribution is 5.99. The monoisotopic (exact) mass is 134 g/mol. The van der Waals surface area contributed by atoms with Crippen molar-refractivity contribution in [2.24, 2.45) is 0 Å². The van der Waals surface area contributed by atoms with Crippen LogP contribution in [0.25, 0.3) is 0 Å². The van der Waals surface area contributed by atoms with E-state index in [4.69, 9.17) is 3.79 Å². The third-order valence-corrected chi connectivity index (χ3v) is 1.40. The van der Waals surface area contributed by atoms with Gasteiger partial charge < -0.3 is 3.79 Å². The van der Waals surface area contributed by atoms with E-state index in [2.05, 4.69) is 16.6 Å². The van der Waals surface area contributed by atoms with E-state index in [1.54, 1.807) is 0 Å². The number of benzene rings is 1. The Kier molecular flexibility index (Phi) is 2.16. The van der Waals surface area contributed by atoms with Crippen molar-refractivity contribution >= 4 is 16.6 Å². The van der Waals surface area contributed by atoms with Crippen LogP contribution in [0.3, 0.4) is 0 Å². The predicted molar refractivity (Wildman–Crippen MR) is 37.6 cm³/mol. The summed E-state index contributed by atoms with van der Waals surface area (Å²) in [5.41, 5.74) is 1.22. The predicted octanol–water partition coefficient (Wildman–Crippen LogP) is 1.46. The summed E-state index contributed by atoms with van der Waals surface area (Å²) >= 11 is 2.22. The first-order valence-electron chi connectivity index (χ1n) is 2.76. The minimum absolute atomic E-state index is 0.889. The zero-order chi connectivity index (χ0) is 6.69. The molecule has 0 saturated heterocycles. The minimum Gasteiger partial charge on any atom is -0.654 e. The van der Waals surface area contributed by atoms with Crippen LogP contribution in [-0.4, -0.2) is 16.6 Å². The summed E-state index contributed by atoms with van der Waals surface area (Å²) in [7, 11) is 0. The van der Waals surface area contributed by atoms with Crippen LogP contribution in [-0.2, 0) is 0 Å². The first kappa shape index (κ1) is 6.67. The fourth-order valence-corrected chi connectivity index (χ4v) is 0.835. The quantitative estimate of drug-likeness (QED) is 0.528. The van der Waals surface area contributed by atoms with Gasteiger partial charge in [0, 0.05) is 0 Å². The number of aryl methyl sites for hydroxylation is 1. The van der Waals surface area contributed by atoms with Crippen LogP contribution >= 0.6 is 0 Å². The number of rotatable bonds is 1. The summed E-state index contributed by atoms with van der Waals surface area (Å²) < 4.78 is 4.91. The SMILES string of the molecule is Cc1cccc([O][Al])c1. The van der Waals surface area contributed by atoms with Crippen molar-refractivity contribution in [1.82, 2.24) is 0 Å². The van der Waals surface area contributed by atoms with E-state index >= 15 is 0 Å². The van der Waals surface area contributed by atoms with Gasteiger partial charge in [-0.15, -0.1) is 0 Å². The first-order valence-corrected chi connectivity index (χ1v) is 3.23. The largest absolute Gasteiger partial charge is 0.654 e. The normalized spacial score (nSPS) is 9.00. The lowest BCUT2D eigenvalue weighted by Gasteiger charge is -2.00. The van der Waals surface area contributed by atoms with Crippen molar-refractivity contribution < 1.29 is 3.79 Å². The zero-order valence-corrected chi connectivity index (χ0v) is 6.45. The molecule has 0 amide bonds. The van der Waals surface area contributed by atoms with Crippen LogP contribution in [0.2, 0.25) is 0 Å². The van der Waals surface area contributed by atoms with E-state index in [0.717, 1.165) is 5.75 Å². The molecule has 0 bridgehead atoms. The Morgan fingerprint density at radius 3 is 2.67 bits per heavy atom. The van der Waals surface area contributed by atoms with E-state index in [0.29, 0.717) is 0 Å². The van der Waals surface area contributed by atoms with Crippen LogP contribution in [0.4, 0.5) is 0 Å². The lowest BCUT2D eigenvalue weighted by molar-refractivity contribution is 0.615. The average molecular weight is 134 g/mol. The second kappa shape index (κ2) is 2.91. The molecule has 44 valence electrons. The molecule has 1 rings (SSSR count). The Morgan fingerprint density at radius 1 is 1.44 bits per heavy atom. The molecule has 0 aliphatic rings. The van der Waals surface area contributed by atoms with Crippen molar-refractivity contribution in [3.8, 4) is 5.75 Å². The zero-order valence-electron chi connectivity index (χ0n) is 5.29. The third-order valence-electron chi connectivity index (χ3n) is 1.13. The molecule has 1 aromatic rings. The third kappa shape index (κ3) is 1.74. The molecule has 0 aromatic heterocycles. The van der Waals surface area contributed by atoms with Gasteiger partial charge in [0.1, 0.15) is 0 Å². The molecule has 1 aromatic carbocycles. The molecule has 9 heavy (non-hydrogen) atoms. The van der Waals surface area contributed by atoms with Gasteiger partial charge in [-0.25, -0.2) is 0 Å². The Balaban J connectivity index is 2.94. The van der Waals surface area contributed by atoms with Crippen molar-refractivity contribution in [1.29, 1.82) is 0 Å². The van der Waals surface area contributed by atoms with Gasteiger partial charge in [0.05, 0.1) is 5.75 Å². The van der Waals surface area contributed by atoms with Gasteiger partial charge in [0.2, 0.25) is 0 Å². The lowest BCUT2D eigenvalue weighted by atomic mass is 10.2. The fraction of sp³-hybridized carbons (Fsp3) is 0.143. The lowest BCUT2D eigenvalue weighted by Crippen LogP contribution is -1.83. The summed E-state index contributed by atoms with van der Waals surface area (Å²) in [6.07, 6.45) is 0. The summed E-state index contributed by atoms with van der Waals surface area (Å²) in [6.45, 7) is 2.03. The Bertz CT molecular complexity index is 198. The van der Waals surface area contributed by atoms with Crippen molar-refractivity contribution in [3.05, 3.63) is 29.8 Å². The second-order valence-corrected chi connectivity index (χ2v) is 2.17. The summed E-state index contributed by atoms with van der Waals surface area (Å²) in [5.74, 6) is 0.889. The van der Waals surface area contributed by atoms with Crippen LogP contribution in [0.1, 0.15) is 5.56 Å². The summed E-state index contributed by atoms with van der Waals surface area (Å²) in [4.78, 5) is 0. The maximum absolute atomic E-state index is 4.91. The summed E-state index contributed by atoms with van der Waals surface area (Å²) in [6, 6.07) is 7.90. The van der Waals surface area contributed by atoms with E-state index in [-0.39, 0.29) is 0 Å². The molecule has 0 spiro atoms. The van der Waals surface area contributed by atoms with Gasteiger partial charge in [0.25, 0.3) is 0 Å². The highest BCUT2D eigenvalue weighted by atomic mass is 27.1. The molecule has 0 N–H and O–H groups in total. The fourth-order valence-electron chi connectivity index (χ4n) is 0.689. The van der Waals surface area contributed by atoms with Gasteiger partial charge in [-0.05, 0) is 24.6 Å². The van der Waals surface area contributed by atoms with Gasteiger partial charge >= 0.3 is 16.6 Å². The first-order chi connectivity index (χ1) is 4.33. The Morgan fingerprint density at radius 2 is 2.22 bits per heavy atom. The maximum Gasteiger partial charge on any atom is 0.482 e. The molecule has 1 nitrogen and oxygen atoms in total. The van der Waals surface area contributed by atoms with Crippen LogP contribution in [0.5, 0.6) is 5.75 Å². The standard InChI is InChI=1S/C7H8O.Al/c1-6-3-2-4-7(8)5-6;/h2-5,8H,1H3;/q;+1/p-1. The van der Waals surface area contributed by atoms with E-state index < -0.39 is 0 Å². The molecule has 0 aliphatic carbocycles. The number of hydrogen-bond donors (Lipinski definition) is 0. The maximum atomic E-state index is 4.91. The van der Waals surface area contributed by atoms with Gasteiger partial charge in [-0.3, -0.25) is 0 Å². The number of hydrogen-bond acceptors (Lipinski definition) is 1. The second-order valence-electron chi connectivity index (χ2n) is 1.93. The molecule has 0 unspecified atom stereocenters. The van der Waals surface area contributed by atoms with Gasteiger partial charge in [0.15, 0.2) is 0 Å². The Hall–Kier alpha value is -0.448. The summed E-state index contributed by atoms with van der Waals surface area (Å²) in [5, 5.41) is 0. The van der Waals surface area contributed by atoms with Crippen LogP contribution in [0, 0.1) is 6.92 Å². The molecular weight excluding hydrogens is 127 g/mol. The molecule has 0 atom stereocenters. The van der Waals surface area contributed by atoms with Gasteiger partial charge in [-0.2, -0.15) is 0 Å². The molecule has 0 aliphatic heterocycles. The molecule has 0 saturated carbocycles.